The molecule has 1 aliphatic rings. The van der Waals surface area contributed by atoms with Crippen molar-refractivity contribution in [3.8, 4) is 22.6 Å². The molecule has 1 aliphatic heterocycles. The number of aromatic nitrogens is 2. The quantitative estimate of drug-likeness (QED) is 0.279. The number of pyridine rings is 1. The van der Waals surface area contributed by atoms with Crippen molar-refractivity contribution in [3.05, 3.63) is 71.8 Å². The third-order valence-electron chi connectivity index (χ3n) is 5.75. The predicted molar refractivity (Wildman–Crippen MR) is 129 cm³/mol. The third kappa shape index (κ3) is 4.83. The number of amidine groups is 1. The minimum atomic E-state index is -2.03. The van der Waals surface area contributed by atoms with Crippen LogP contribution in [-0.4, -0.2) is 52.4 Å². The van der Waals surface area contributed by atoms with Gasteiger partial charge < -0.3 is 30.6 Å². The first kappa shape index (κ1) is 25.0. The molecule has 0 spiro atoms. The van der Waals surface area contributed by atoms with Gasteiger partial charge in [-0.1, -0.05) is 0 Å². The zero-order chi connectivity index (χ0) is 27.0. The van der Waals surface area contributed by atoms with Gasteiger partial charge in [-0.3, -0.25) is 4.79 Å². The number of benzene rings is 2. The van der Waals surface area contributed by atoms with Gasteiger partial charge in [0.2, 0.25) is 5.91 Å². The standard InChI is InChI=1S/C25H19F4N5O4/c26-14-4-12(3-13(5-14)22(30)36)16-8-32-23-20(16)19(1-2-31-23)38-21-17(27)6-15(7-18(21)28)34-24-33-9-25(29,10-35)11-37-24/h1-8,35H,9-11H2,(H2,30,36)(H,31,32)(H,33,34). The number of aliphatic imine (C=N–C) groups is 1. The van der Waals surface area contributed by atoms with Crippen molar-refractivity contribution in [1.29, 1.82) is 0 Å². The van der Waals surface area contributed by atoms with Crippen molar-refractivity contribution >= 4 is 28.6 Å². The number of nitrogens with one attached hydrogen (secondary N) is 2. The number of anilines is 1. The number of aromatic amines is 1. The molecule has 0 aliphatic carbocycles. The molecule has 1 amide bonds. The van der Waals surface area contributed by atoms with E-state index in [0.717, 1.165) is 24.3 Å². The van der Waals surface area contributed by atoms with E-state index in [1.165, 1.54) is 24.5 Å². The van der Waals surface area contributed by atoms with Gasteiger partial charge in [-0.2, -0.15) is 0 Å². The minimum Gasteiger partial charge on any atom is -0.461 e. The maximum atomic E-state index is 15.0. The molecule has 9 nitrogen and oxygen atoms in total. The molecule has 3 heterocycles. The van der Waals surface area contributed by atoms with Crippen molar-refractivity contribution < 1.29 is 36.9 Å². The number of primary amides is 1. The smallest absolute Gasteiger partial charge is 0.289 e. The van der Waals surface area contributed by atoms with Crippen LogP contribution in [0.2, 0.25) is 0 Å². The zero-order valence-electron chi connectivity index (χ0n) is 19.4. The minimum absolute atomic E-state index is 0.00192. The molecule has 5 rings (SSSR count). The molecule has 0 radical (unpaired) electrons. The molecule has 0 fully saturated rings. The molecule has 13 heteroatoms. The summed E-state index contributed by atoms with van der Waals surface area (Å²) in [5.74, 6) is -4.44. The van der Waals surface area contributed by atoms with Crippen molar-refractivity contribution in [2.24, 2.45) is 10.7 Å². The van der Waals surface area contributed by atoms with Crippen LogP contribution in [0.15, 0.2) is 53.8 Å². The van der Waals surface area contributed by atoms with Gasteiger partial charge >= 0.3 is 0 Å². The van der Waals surface area contributed by atoms with E-state index in [2.05, 4.69) is 20.3 Å². The van der Waals surface area contributed by atoms with Crippen molar-refractivity contribution in [2.75, 3.05) is 25.1 Å². The number of halogens is 4. The van der Waals surface area contributed by atoms with Crippen LogP contribution in [0.4, 0.5) is 23.2 Å². The largest absolute Gasteiger partial charge is 0.461 e. The summed E-state index contributed by atoms with van der Waals surface area (Å²) in [6.45, 7) is -1.65. The topological polar surface area (TPSA) is 135 Å². The van der Waals surface area contributed by atoms with E-state index in [-0.39, 0.29) is 46.2 Å². The lowest BCUT2D eigenvalue weighted by atomic mass is 10.0. The predicted octanol–water partition coefficient (Wildman–Crippen LogP) is 4.04. The van der Waals surface area contributed by atoms with Crippen LogP contribution in [0.3, 0.4) is 0 Å². The molecular formula is C25H19F4N5O4. The molecule has 2 aromatic heterocycles. The number of aliphatic hydroxyl groups excluding tert-OH is 1. The molecule has 0 bridgehead atoms. The van der Waals surface area contributed by atoms with Crippen LogP contribution in [-0.2, 0) is 4.74 Å². The van der Waals surface area contributed by atoms with Gasteiger partial charge in [-0.25, -0.2) is 27.5 Å². The van der Waals surface area contributed by atoms with Crippen LogP contribution in [0.25, 0.3) is 22.2 Å². The Labute approximate surface area is 211 Å². The Morgan fingerprint density at radius 3 is 2.63 bits per heavy atom. The third-order valence-corrected chi connectivity index (χ3v) is 5.75. The highest BCUT2D eigenvalue weighted by Gasteiger charge is 2.34. The average Bonchev–Trinajstić information content (AvgIpc) is 3.32. The van der Waals surface area contributed by atoms with Gasteiger partial charge in [-0.05, 0) is 29.8 Å². The lowest BCUT2D eigenvalue weighted by Gasteiger charge is -2.26. The summed E-state index contributed by atoms with van der Waals surface area (Å²) in [5, 5.41) is 11.9. The molecule has 1 unspecified atom stereocenters. The number of alkyl halides is 1. The van der Waals surface area contributed by atoms with Crippen LogP contribution in [0, 0.1) is 17.5 Å². The highest BCUT2D eigenvalue weighted by atomic mass is 19.1. The Morgan fingerprint density at radius 2 is 1.97 bits per heavy atom. The average molecular weight is 529 g/mol. The molecule has 0 saturated carbocycles. The molecule has 38 heavy (non-hydrogen) atoms. The SMILES string of the molecule is NC(=O)c1cc(F)cc(-c2c[nH]c3nccc(Oc4c(F)cc(NC5=NCC(F)(CO)CO5)cc4F)c23)c1. The molecule has 4 aromatic rings. The van der Waals surface area contributed by atoms with E-state index < -0.39 is 48.0 Å². The van der Waals surface area contributed by atoms with Crippen molar-refractivity contribution in [2.45, 2.75) is 5.67 Å². The van der Waals surface area contributed by atoms with Gasteiger partial charge in [0, 0.05) is 41.3 Å². The number of carbonyl (C=O) groups excluding carboxylic acids is 1. The summed E-state index contributed by atoms with van der Waals surface area (Å²) in [4.78, 5) is 22.4. The number of nitrogens with zero attached hydrogens (tertiary/aromatic N) is 2. The van der Waals surface area contributed by atoms with Gasteiger partial charge in [0.25, 0.3) is 6.02 Å². The first-order valence-electron chi connectivity index (χ1n) is 11.1. The molecule has 2 aromatic carbocycles. The van der Waals surface area contributed by atoms with E-state index >= 15 is 0 Å². The highest BCUT2D eigenvalue weighted by molar-refractivity contribution is 6.00. The first-order chi connectivity index (χ1) is 18.2. The second-order valence-electron chi connectivity index (χ2n) is 8.54. The summed E-state index contributed by atoms with van der Waals surface area (Å²) in [5.41, 5.74) is 4.00. The number of hydrogen-bond acceptors (Lipinski definition) is 7. The Kier molecular flexibility index (Phi) is 6.36. The number of hydrogen-bond donors (Lipinski definition) is 4. The number of aliphatic hydroxyl groups is 1. The number of nitrogens with two attached hydrogens (primary N) is 1. The van der Waals surface area contributed by atoms with Gasteiger partial charge in [-0.15, -0.1) is 0 Å². The normalized spacial score (nSPS) is 17.1. The fraction of sp³-hybridized carbons (Fsp3) is 0.160. The Bertz CT molecular complexity index is 1570. The first-order valence-corrected chi connectivity index (χ1v) is 11.1. The fourth-order valence-electron chi connectivity index (χ4n) is 3.86. The second-order valence-corrected chi connectivity index (χ2v) is 8.54. The number of ether oxygens (including phenoxy) is 2. The Hall–Kier alpha value is -4.65. The number of rotatable bonds is 6. The van der Waals surface area contributed by atoms with E-state index in [1.54, 1.807) is 0 Å². The number of fused-ring (bicyclic) bond motifs is 1. The van der Waals surface area contributed by atoms with E-state index in [0.29, 0.717) is 5.56 Å². The van der Waals surface area contributed by atoms with Crippen LogP contribution < -0.4 is 15.8 Å². The fourth-order valence-corrected chi connectivity index (χ4v) is 3.86. The highest BCUT2D eigenvalue weighted by Crippen LogP contribution is 2.39. The van der Waals surface area contributed by atoms with E-state index in [9.17, 15) is 22.4 Å². The van der Waals surface area contributed by atoms with E-state index in [4.69, 9.17) is 20.3 Å². The molecular weight excluding hydrogens is 510 g/mol. The lowest BCUT2D eigenvalue weighted by Crippen LogP contribution is -2.43. The van der Waals surface area contributed by atoms with Gasteiger partial charge in [0.1, 0.15) is 23.8 Å². The molecule has 196 valence electrons. The van der Waals surface area contributed by atoms with Crippen molar-refractivity contribution in [1.82, 2.24) is 9.97 Å². The lowest BCUT2D eigenvalue weighted by molar-refractivity contribution is 0.0181. The number of amides is 1. The monoisotopic (exact) mass is 529 g/mol. The van der Waals surface area contributed by atoms with Crippen LogP contribution in [0.1, 0.15) is 10.4 Å². The molecule has 0 saturated heterocycles. The second kappa shape index (κ2) is 9.67. The summed E-state index contributed by atoms with van der Waals surface area (Å²) in [6, 6.07) is 6.57. The van der Waals surface area contributed by atoms with E-state index in [1.807, 2.05) is 0 Å². The summed E-state index contributed by atoms with van der Waals surface area (Å²) < 4.78 is 68.8. The van der Waals surface area contributed by atoms with Crippen LogP contribution >= 0.6 is 0 Å². The summed E-state index contributed by atoms with van der Waals surface area (Å²) >= 11 is 0. The summed E-state index contributed by atoms with van der Waals surface area (Å²) in [7, 11) is 0. The Balaban J connectivity index is 1.47. The zero-order valence-corrected chi connectivity index (χ0v) is 19.4. The van der Waals surface area contributed by atoms with Gasteiger partial charge in [0.05, 0.1) is 18.5 Å². The molecule has 5 N–H and O–H groups in total. The molecule has 1 atom stereocenters. The number of carbonyl (C=O) groups is 1. The van der Waals surface area contributed by atoms with Crippen LogP contribution in [0.5, 0.6) is 11.5 Å². The Morgan fingerprint density at radius 1 is 1.21 bits per heavy atom. The summed E-state index contributed by atoms with van der Waals surface area (Å²) in [6.07, 6.45) is 2.83. The van der Waals surface area contributed by atoms with Crippen molar-refractivity contribution in [3.63, 3.8) is 0 Å². The number of H-pyrrole nitrogens is 1. The maximum Gasteiger partial charge on any atom is 0.289 e. The van der Waals surface area contributed by atoms with Gasteiger partial charge in [0.15, 0.2) is 23.1 Å². The maximum absolute atomic E-state index is 15.0.